The Hall–Kier alpha value is -1.12. The molecule has 2 aliphatic rings. The largest absolute Gasteiger partial charge is 0.472 e. The zero-order chi connectivity index (χ0) is 12.1. The molecule has 1 heterocycles. The monoisotopic (exact) mass is 234 g/mol. The maximum atomic E-state index is 5.95. The van der Waals surface area contributed by atoms with E-state index in [0.717, 1.165) is 12.1 Å². The molecule has 2 rings (SSSR count). The van der Waals surface area contributed by atoms with Gasteiger partial charge < -0.3 is 4.74 Å². The molecule has 1 aliphatic heterocycles. The fourth-order valence-electron chi connectivity index (χ4n) is 2.84. The first-order valence-electron chi connectivity index (χ1n) is 6.73. The number of ether oxygens (including phenoxy) is 1. The molecular weight excluding hydrogens is 212 g/mol. The topological polar surface area (TPSA) is 34.0 Å². The van der Waals surface area contributed by atoms with Gasteiger partial charge >= 0.3 is 0 Å². The van der Waals surface area contributed by atoms with E-state index >= 15 is 0 Å². The van der Waals surface area contributed by atoms with Crippen molar-refractivity contribution in [2.45, 2.75) is 58.0 Å². The van der Waals surface area contributed by atoms with Gasteiger partial charge in [0.05, 0.1) is 0 Å². The van der Waals surface area contributed by atoms with Crippen LogP contribution in [0.4, 0.5) is 0 Å². The molecular formula is C14H22N2O. The third-order valence-corrected chi connectivity index (χ3v) is 3.70. The second kappa shape index (κ2) is 5.99. The second-order valence-electron chi connectivity index (χ2n) is 4.84. The number of hydrogen-bond acceptors (Lipinski definition) is 3. The molecule has 0 radical (unpaired) electrons. The van der Waals surface area contributed by atoms with Crippen molar-refractivity contribution in [3.63, 3.8) is 0 Å². The van der Waals surface area contributed by atoms with Gasteiger partial charge in [-0.25, -0.2) is 4.99 Å². The van der Waals surface area contributed by atoms with Crippen molar-refractivity contribution in [2.75, 3.05) is 0 Å². The van der Waals surface area contributed by atoms with Gasteiger partial charge in [0.1, 0.15) is 11.8 Å². The number of nitrogens with zero attached hydrogens (tertiary/aromatic N) is 2. The van der Waals surface area contributed by atoms with E-state index in [0.29, 0.717) is 11.8 Å². The third kappa shape index (κ3) is 2.76. The van der Waals surface area contributed by atoms with Crippen LogP contribution < -0.4 is 0 Å². The van der Waals surface area contributed by atoms with Crippen molar-refractivity contribution < 1.29 is 4.74 Å². The van der Waals surface area contributed by atoms with E-state index in [1.54, 1.807) is 6.21 Å². The van der Waals surface area contributed by atoms with Gasteiger partial charge in [0.25, 0.3) is 0 Å². The summed E-state index contributed by atoms with van der Waals surface area (Å²) in [7, 11) is 0. The molecule has 2 unspecified atom stereocenters. The summed E-state index contributed by atoms with van der Waals surface area (Å²) in [5.41, 5.74) is 0.981. The summed E-state index contributed by atoms with van der Waals surface area (Å²) >= 11 is 0. The van der Waals surface area contributed by atoms with Crippen molar-refractivity contribution in [1.29, 1.82) is 0 Å². The first-order chi connectivity index (χ1) is 8.36. The molecule has 0 N–H and O–H groups in total. The summed E-state index contributed by atoms with van der Waals surface area (Å²) in [6.45, 7) is 5.59. The molecule has 1 saturated carbocycles. The SMILES string of the molecule is C=NC1=C(N=CC)OC2CCCCCCCC12. The van der Waals surface area contributed by atoms with Crippen LogP contribution in [0, 0.1) is 5.92 Å². The van der Waals surface area contributed by atoms with Gasteiger partial charge in [0.15, 0.2) is 0 Å². The molecule has 3 heteroatoms. The minimum atomic E-state index is 0.285. The molecule has 17 heavy (non-hydrogen) atoms. The molecule has 1 fully saturated rings. The Morgan fingerprint density at radius 1 is 1.18 bits per heavy atom. The highest BCUT2D eigenvalue weighted by molar-refractivity contribution is 5.55. The number of rotatable bonds is 2. The first kappa shape index (κ1) is 12.3. The van der Waals surface area contributed by atoms with Gasteiger partial charge in [0.2, 0.25) is 5.88 Å². The van der Waals surface area contributed by atoms with Crippen LogP contribution in [0.15, 0.2) is 21.6 Å². The second-order valence-corrected chi connectivity index (χ2v) is 4.84. The number of hydrogen-bond donors (Lipinski definition) is 0. The van der Waals surface area contributed by atoms with E-state index in [4.69, 9.17) is 4.74 Å². The molecule has 2 atom stereocenters. The average Bonchev–Trinajstić information content (AvgIpc) is 2.69. The van der Waals surface area contributed by atoms with Crippen molar-refractivity contribution in [3.05, 3.63) is 11.6 Å². The summed E-state index contributed by atoms with van der Waals surface area (Å²) < 4.78 is 5.95. The average molecular weight is 234 g/mol. The quantitative estimate of drug-likeness (QED) is 0.671. The highest BCUT2D eigenvalue weighted by Gasteiger charge is 2.36. The van der Waals surface area contributed by atoms with E-state index in [-0.39, 0.29) is 6.10 Å². The Bertz CT molecular complexity index is 333. The lowest BCUT2D eigenvalue weighted by Gasteiger charge is -2.18. The first-order valence-corrected chi connectivity index (χ1v) is 6.73. The smallest absolute Gasteiger partial charge is 0.235 e. The van der Waals surface area contributed by atoms with Crippen molar-refractivity contribution in [1.82, 2.24) is 0 Å². The van der Waals surface area contributed by atoms with Crippen molar-refractivity contribution >= 4 is 12.9 Å². The van der Waals surface area contributed by atoms with E-state index in [9.17, 15) is 0 Å². The maximum Gasteiger partial charge on any atom is 0.235 e. The maximum absolute atomic E-state index is 5.95. The predicted molar refractivity (Wildman–Crippen MR) is 71.4 cm³/mol. The predicted octanol–water partition coefficient (Wildman–Crippen LogP) is 3.71. The van der Waals surface area contributed by atoms with Crippen molar-refractivity contribution in [3.8, 4) is 0 Å². The summed E-state index contributed by atoms with van der Waals surface area (Å²) in [6, 6.07) is 0. The summed E-state index contributed by atoms with van der Waals surface area (Å²) in [5.74, 6) is 1.13. The molecule has 0 spiro atoms. The Morgan fingerprint density at radius 3 is 2.59 bits per heavy atom. The zero-order valence-corrected chi connectivity index (χ0v) is 10.7. The summed E-state index contributed by atoms with van der Waals surface area (Å²) in [6.07, 6.45) is 10.9. The van der Waals surface area contributed by atoms with E-state index < -0.39 is 0 Å². The summed E-state index contributed by atoms with van der Waals surface area (Å²) in [5, 5.41) is 0. The molecule has 0 aromatic carbocycles. The summed E-state index contributed by atoms with van der Waals surface area (Å²) in [4.78, 5) is 8.45. The fraction of sp³-hybridized carbons (Fsp3) is 0.714. The standard InChI is InChI=1S/C14H22N2O/c1-3-16-14-13(15-2)11-9-7-5-4-6-8-10-12(11)17-14/h3,11-12H,2,4-10H2,1H3. The lowest BCUT2D eigenvalue weighted by Crippen LogP contribution is -2.18. The molecule has 0 aromatic heterocycles. The van der Waals surface area contributed by atoms with Crippen LogP contribution in [0.5, 0.6) is 0 Å². The highest BCUT2D eigenvalue weighted by atomic mass is 16.5. The van der Waals surface area contributed by atoms with E-state index in [1.807, 2.05) is 6.92 Å². The molecule has 1 aliphatic carbocycles. The third-order valence-electron chi connectivity index (χ3n) is 3.70. The highest BCUT2D eigenvalue weighted by Crippen LogP contribution is 2.39. The number of aliphatic imine (C=N–C) groups is 2. The van der Waals surface area contributed by atoms with Gasteiger partial charge in [-0.1, -0.05) is 25.7 Å². The Kier molecular flexibility index (Phi) is 4.35. The van der Waals surface area contributed by atoms with Crippen molar-refractivity contribution in [2.24, 2.45) is 15.9 Å². The molecule has 0 aromatic rings. The van der Waals surface area contributed by atoms with Crippen LogP contribution in [0.2, 0.25) is 0 Å². The van der Waals surface area contributed by atoms with Gasteiger partial charge in [0, 0.05) is 12.1 Å². The molecule has 94 valence electrons. The Labute approximate surface area is 104 Å². The van der Waals surface area contributed by atoms with Crippen LogP contribution in [-0.2, 0) is 4.74 Å². The van der Waals surface area contributed by atoms with Gasteiger partial charge in [-0.3, -0.25) is 4.99 Å². The lowest BCUT2D eigenvalue weighted by atomic mass is 9.93. The van der Waals surface area contributed by atoms with Crippen LogP contribution in [0.3, 0.4) is 0 Å². The molecule has 0 bridgehead atoms. The van der Waals surface area contributed by atoms with E-state index in [1.165, 1.54) is 38.5 Å². The Balaban J connectivity index is 2.17. The van der Waals surface area contributed by atoms with Gasteiger partial charge in [-0.2, -0.15) is 0 Å². The molecule has 0 saturated heterocycles. The van der Waals surface area contributed by atoms with Crippen LogP contribution in [0.1, 0.15) is 51.9 Å². The normalized spacial score (nSPS) is 30.4. The fourth-order valence-corrected chi connectivity index (χ4v) is 2.84. The molecule has 0 amide bonds. The zero-order valence-electron chi connectivity index (χ0n) is 10.7. The number of fused-ring (bicyclic) bond motifs is 1. The van der Waals surface area contributed by atoms with E-state index in [2.05, 4.69) is 16.7 Å². The Morgan fingerprint density at radius 2 is 1.88 bits per heavy atom. The molecule has 3 nitrogen and oxygen atoms in total. The van der Waals surface area contributed by atoms with Gasteiger partial charge in [-0.05, 0) is 32.9 Å². The minimum absolute atomic E-state index is 0.285. The lowest BCUT2D eigenvalue weighted by molar-refractivity contribution is 0.0985. The van der Waals surface area contributed by atoms with Gasteiger partial charge in [-0.15, -0.1) is 0 Å². The van der Waals surface area contributed by atoms with Crippen LogP contribution in [0.25, 0.3) is 0 Å². The minimum Gasteiger partial charge on any atom is -0.472 e. The van der Waals surface area contributed by atoms with Crippen LogP contribution in [-0.4, -0.2) is 19.0 Å². The van der Waals surface area contributed by atoms with Crippen LogP contribution >= 0.6 is 0 Å².